The summed E-state index contributed by atoms with van der Waals surface area (Å²) in [5.74, 6) is -0.986. The van der Waals surface area contributed by atoms with Gasteiger partial charge in [0.2, 0.25) is 0 Å². The maximum Gasteiger partial charge on any atom is 0.299 e. The molecule has 1 aliphatic rings. The Kier molecular flexibility index (Phi) is 4.04. The zero-order valence-corrected chi connectivity index (χ0v) is 12.9. The summed E-state index contributed by atoms with van der Waals surface area (Å²) in [4.78, 5) is 25.1. The molecule has 0 saturated heterocycles. The lowest BCUT2D eigenvalue weighted by Gasteiger charge is -2.17. The zero-order valence-electron chi connectivity index (χ0n) is 12.1. The third-order valence-electron chi connectivity index (χ3n) is 3.50. The van der Waals surface area contributed by atoms with E-state index in [1.54, 1.807) is 26.0 Å². The molecule has 0 bridgehead atoms. The van der Waals surface area contributed by atoms with Crippen LogP contribution in [0, 0.1) is 0 Å². The first-order chi connectivity index (χ1) is 9.77. The van der Waals surface area contributed by atoms with Gasteiger partial charge in [-0.15, -0.1) is 0 Å². The number of benzene rings is 1. The minimum Gasteiger partial charge on any atom is -0.497 e. The summed E-state index contributed by atoms with van der Waals surface area (Å²) in [7, 11) is -1.80. The van der Waals surface area contributed by atoms with Crippen molar-refractivity contribution >= 4 is 27.2 Å². The Morgan fingerprint density at radius 2 is 1.90 bits per heavy atom. The minimum atomic E-state index is -3.28. The number of Topliss-reactive ketones (excluding diaryl/α,β-unsaturated/α-hetero) is 1. The summed E-state index contributed by atoms with van der Waals surface area (Å²) in [5, 5.41) is -0.518. The van der Waals surface area contributed by atoms with Crippen molar-refractivity contribution in [1.82, 2.24) is 0 Å². The molecule has 6 nitrogen and oxygen atoms in total. The van der Waals surface area contributed by atoms with Crippen LogP contribution in [0.2, 0.25) is 0 Å². The van der Waals surface area contributed by atoms with Crippen LogP contribution in [0.4, 0.5) is 5.69 Å². The molecule has 0 fully saturated rings. The van der Waals surface area contributed by atoms with Crippen molar-refractivity contribution in [2.24, 2.45) is 0 Å². The quantitative estimate of drug-likeness (QED) is 0.759. The summed E-state index contributed by atoms with van der Waals surface area (Å²) in [5.41, 5.74) is 0.686. The Balaban J connectivity index is 2.30. The van der Waals surface area contributed by atoms with Crippen LogP contribution in [0.3, 0.4) is 0 Å². The van der Waals surface area contributed by atoms with E-state index in [2.05, 4.69) is 0 Å². The predicted molar refractivity (Wildman–Crippen MR) is 78.6 cm³/mol. The average Bonchev–Trinajstić information content (AvgIpc) is 2.68. The van der Waals surface area contributed by atoms with Crippen molar-refractivity contribution in [2.75, 3.05) is 24.3 Å². The van der Waals surface area contributed by atoms with Crippen LogP contribution in [0.5, 0.6) is 5.75 Å². The van der Waals surface area contributed by atoms with E-state index in [1.807, 2.05) is 0 Å². The fourth-order valence-corrected chi connectivity index (χ4v) is 2.99. The molecule has 1 heterocycles. The largest absolute Gasteiger partial charge is 0.497 e. The lowest BCUT2D eigenvalue weighted by atomic mass is 10.1. The highest BCUT2D eigenvalue weighted by molar-refractivity contribution is 7.92. The number of methoxy groups -OCH3 is 1. The fraction of sp³-hybridized carbons (Fsp3) is 0.429. The fourth-order valence-electron chi connectivity index (χ4n) is 2.08. The molecule has 2 rings (SSSR count). The number of amides is 1. The molecule has 114 valence electrons. The third-order valence-corrected chi connectivity index (χ3v) is 5.69. The number of carbonyl (C=O) groups excluding carboxylic acids is 2. The zero-order chi connectivity index (χ0) is 15.8. The van der Waals surface area contributed by atoms with Crippen LogP contribution in [-0.4, -0.2) is 44.8 Å². The number of hydrogen-bond donors (Lipinski definition) is 0. The van der Waals surface area contributed by atoms with Crippen LogP contribution >= 0.6 is 0 Å². The second-order valence-electron chi connectivity index (χ2n) is 5.08. The number of fused-ring (bicyclic) bond motifs is 1. The maximum absolute atomic E-state index is 12.0. The second kappa shape index (κ2) is 5.48. The smallest absolute Gasteiger partial charge is 0.299 e. The van der Waals surface area contributed by atoms with E-state index >= 15 is 0 Å². The molecule has 7 heteroatoms. The second-order valence-corrected chi connectivity index (χ2v) is 7.76. The lowest BCUT2D eigenvalue weighted by Crippen LogP contribution is -2.35. The standard InChI is InChI=1S/C14H17NO5S/c1-9(2)21(18,19)7-6-15-12-8-10(20-3)4-5-11(12)13(16)14(15)17/h4-5,8-9H,6-7H2,1-3H3. The van der Waals surface area contributed by atoms with Crippen molar-refractivity contribution in [3.63, 3.8) is 0 Å². The maximum atomic E-state index is 12.0. The molecule has 21 heavy (non-hydrogen) atoms. The number of sulfone groups is 1. The van der Waals surface area contributed by atoms with Crippen molar-refractivity contribution in [2.45, 2.75) is 19.1 Å². The van der Waals surface area contributed by atoms with Crippen LogP contribution in [0.25, 0.3) is 0 Å². The number of hydrogen-bond acceptors (Lipinski definition) is 5. The van der Waals surface area contributed by atoms with Gasteiger partial charge >= 0.3 is 0 Å². The molecule has 0 radical (unpaired) electrons. The molecule has 0 atom stereocenters. The van der Waals surface area contributed by atoms with Crippen molar-refractivity contribution in [3.05, 3.63) is 23.8 Å². The first-order valence-electron chi connectivity index (χ1n) is 6.53. The van der Waals surface area contributed by atoms with Gasteiger partial charge < -0.3 is 9.64 Å². The molecule has 0 spiro atoms. The summed E-state index contributed by atoms with van der Waals surface area (Å²) < 4.78 is 28.8. The molecule has 0 aliphatic carbocycles. The number of anilines is 1. The Morgan fingerprint density at radius 1 is 1.24 bits per heavy atom. The van der Waals surface area contributed by atoms with Crippen LogP contribution in [-0.2, 0) is 14.6 Å². The summed E-state index contributed by atoms with van der Waals surface area (Å²) in [6.07, 6.45) is 0. The van der Waals surface area contributed by atoms with Crippen molar-refractivity contribution in [3.8, 4) is 5.75 Å². The predicted octanol–water partition coefficient (Wildman–Crippen LogP) is 1.05. The van der Waals surface area contributed by atoms with Gasteiger partial charge in [0, 0.05) is 12.6 Å². The highest BCUT2D eigenvalue weighted by atomic mass is 32.2. The molecule has 0 unspecified atom stereocenters. The Bertz CT molecular complexity index is 693. The minimum absolute atomic E-state index is 0.0365. The van der Waals surface area contributed by atoms with E-state index in [0.717, 1.165) is 0 Å². The lowest BCUT2D eigenvalue weighted by molar-refractivity contribution is -0.114. The SMILES string of the molecule is COc1ccc2c(c1)N(CCS(=O)(=O)C(C)C)C(=O)C2=O. The van der Waals surface area contributed by atoms with Gasteiger partial charge in [-0.2, -0.15) is 0 Å². The van der Waals surface area contributed by atoms with Crippen LogP contribution < -0.4 is 9.64 Å². The van der Waals surface area contributed by atoms with E-state index < -0.39 is 26.8 Å². The number of carbonyl (C=O) groups is 2. The highest BCUT2D eigenvalue weighted by Gasteiger charge is 2.36. The molecule has 1 aliphatic heterocycles. The average molecular weight is 311 g/mol. The normalized spacial score (nSPS) is 14.8. The number of nitrogens with zero attached hydrogens (tertiary/aromatic N) is 1. The van der Waals surface area contributed by atoms with E-state index in [4.69, 9.17) is 4.74 Å². The molecule has 0 saturated carbocycles. The van der Waals surface area contributed by atoms with Gasteiger partial charge in [0.05, 0.1) is 29.4 Å². The summed E-state index contributed by atoms with van der Waals surface area (Å²) >= 11 is 0. The molecule has 0 N–H and O–H groups in total. The van der Waals surface area contributed by atoms with Gasteiger partial charge in [-0.25, -0.2) is 8.42 Å². The van der Waals surface area contributed by atoms with E-state index in [0.29, 0.717) is 11.4 Å². The van der Waals surface area contributed by atoms with Gasteiger partial charge in [-0.1, -0.05) is 0 Å². The molecular weight excluding hydrogens is 294 g/mol. The first-order valence-corrected chi connectivity index (χ1v) is 8.25. The Labute approximate surface area is 123 Å². The van der Waals surface area contributed by atoms with E-state index in [9.17, 15) is 18.0 Å². The Hall–Kier alpha value is -1.89. The van der Waals surface area contributed by atoms with Gasteiger partial charge in [0.1, 0.15) is 5.75 Å². The van der Waals surface area contributed by atoms with Crippen LogP contribution in [0.1, 0.15) is 24.2 Å². The van der Waals surface area contributed by atoms with Gasteiger partial charge in [-0.3, -0.25) is 9.59 Å². The topological polar surface area (TPSA) is 80.8 Å². The molecule has 1 amide bonds. The molecule has 1 aromatic rings. The summed E-state index contributed by atoms with van der Waals surface area (Å²) in [6.45, 7) is 3.14. The molecule has 0 aromatic heterocycles. The monoisotopic (exact) mass is 311 g/mol. The highest BCUT2D eigenvalue weighted by Crippen LogP contribution is 2.32. The molecular formula is C14H17NO5S. The van der Waals surface area contributed by atoms with Gasteiger partial charge in [0.25, 0.3) is 11.7 Å². The van der Waals surface area contributed by atoms with E-state index in [-0.39, 0.29) is 17.9 Å². The molecule has 1 aromatic carbocycles. The van der Waals surface area contributed by atoms with Crippen LogP contribution in [0.15, 0.2) is 18.2 Å². The first kappa shape index (κ1) is 15.5. The van der Waals surface area contributed by atoms with Gasteiger partial charge in [-0.05, 0) is 26.0 Å². The van der Waals surface area contributed by atoms with Gasteiger partial charge in [0.15, 0.2) is 9.84 Å². The Morgan fingerprint density at radius 3 is 2.48 bits per heavy atom. The number of rotatable bonds is 5. The van der Waals surface area contributed by atoms with Crippen molar-refractivity contribution < 1.29 is 22.7 Å². The number of ether oxygens (including phenoxy) is 1. The van der Waals surface area contributed by atoms with E-state index in [1.165, 1.54) is 18.1 Å². The third kappa shape index (κ3) is 2.78. The number of ketones is 1. The van der Waals surface area contributed by atoms with Crippen molar-refractivity contribution in [1.29, 1.82) is 0 Å². The summed E-state index contributed by atoms with van der Waals surface area (Å²) in [6, 6.07) is 4.68.